The Morgan fingerprint density at radius 3 is 2.43 bits per heavy atom. The highest BCUT2D eigenvalue weighted by Crippen LogP contribution is 2.38. The number of alkyl halides is 3. The summed E-state index contributed by atoms with van der Waals surface area (Å²) in [6.07, 6.45) is 2.28. The Balaban J connectivity index is 1.16. The van der Waals surface area contributed by atoms with Gasteiger partial charge in [-0.05, 0) is 55.5 Å². The van der Waals surface area contributed by atoms with E-state index < -0.39 is 34.8 Å². The third-order valence-corrected chi connectivity index (χ3v) is 8.03. The Bertz CT molecular complexity index is 1490. The van der Waals surface area contributed by atoms with Gasteiger partial charge in [-0.1, -0.05) is 0 Å². The third-order valence-electron chi connectivity index (χ3n) is 8.03. The van der Waals surface area contributed by atoms with Crippen molar-refractivity contribution in [3.63, 3.8) is 0 Å². The van der Waals surface area contributed by atoms with Gasteiger partial charge in [-0.2, -0.15) is 13.2 Å². The number of carbonyl (C=O) groups excluding carboxylic acids is 1. The quantitative estimate of drug-likeness (QED) is 0.424. The molecule has 14 heteroatoms. The van der Waals surface area contributed by atoms with Gasteiger partial charge in [-0.15, -0.1) is 0 Å². The van der Waals surface area contributed by atoms with Crippen LogP contribution in [-0.4, -0.2) is 68.2 Å². The summed E-state index contributed by atoms with van der Waals surface area (Å²) in [6.45, 7) is 1.87. The number of hydrogen-bond acceptors (Lipinski definition) is 9. The van der Waals surface area contributed by atoms with E-state index in [1.165, 1.54) is 0 Å². The van der Waals surface area contributed by atoms with Crippen molar-refractivity contribution in [3.8, 4) is 5.75 Å². The molecular weight excluding hydrogens is 555 g/mol. The molecule has 1 saturated heterocycles. The van der Waals surface area contributed by atoms with E-state index in [-0.39, 0.29) is 24.9 Å². The molecule has 0 unspecified atom stereocenters. The third kappa shape index (κ3) is 5.28. The van der Waals surface area contributed by atoms with Gasteiger partial charge in [0, 0.05) is 56.8 Å². The Morgan fingerprint density at radius 2 is 1.79 bits per heavy atom. The zero-order chi connectivity index (χ0) is 29.5. The van der Waals surface area contributed by atoms with E-state index in [2.05, 4.69) is 30.2 Å². The number of nitrogens with one attached hydrogen (secondary N) is 1. The molecule has 42 heavy (non-hydrogen) atoms. The smallest absolute Gasteiger partial charge is 0.434 e. The fourth-order valence-corrected chi connectivity index (χ4v) is 5.57. The second-order valence-corrected chi connectivity index (χ2v) is 10.7. The van der Waals surface area contributed by atoms with Crippen LogP contribution in [0.15, 0.2) is 42.9 Å². The zero-order valence-electron chi connectivity index (χ0n) is 22.5. The number of fused-ring (bicyclic) bond motifs is 1. The Kier molecular flexibility index (Phi) is 7.07. The molecule has 2 aliphatic heterocycles. The molecule has 1 saturated carbocycles. The van der Waals surface area contributed by atoms with Crippen LogP contribution in [0, 0.1) is 0 Å². The average Bonchev–Trinajstić information content (AvgIpc) is 3.38. The van der Waals surface area contributed by atoms with Crippen LogP contribution in [-0.2, 0) is 17.4 Å². The van der Waals surface area contributed by atoms with Crippen LogP contribution in [0.1, 0.15) is 53.7 Å². The number of carboxylic acid groups (broad SMARTS) is 1. The SMILES string of the molecule is O=C(NC1(C(=O)O)CCC1)c1cnc(N2CCc3cc(OC4CCN(c5ncccn5)CC4)ccc32)nc1C(F)(F)F. The molecular formula is C28H28F3N7O4. The molecule has 1 aromatic carbocycles. The highest BCUT2D eigenvalue weighted by Gasteiger charge is 2.47. The molecule has 0 atom stereocenters. The Hall–Kier alpha value is -4.49. The lowest BCUT2D eigenvalue weighted by atomic mass is 9.76. The number of carboxylic acids is 1. The second-order valence-electron chi connectivity index (χ2n) is 10.7. The maximum atomic E-state index is 14.0. The van der Waals surface area contributed by atoms with Gasteiger partial charge >= 0.3 is 12.1 Å². The van der Waals surface area contributed by atoms with Crippen LogP contribution < -0.4 is 19.9 Å². The lowest BCUT2D eigenvalue weighted by Gasteiger charge is -2.38. The molecule has 6 rings (SSSR count). The highest BCUT2D eigenvalue weighted by molar-refractivity contribution is 5.99. The highest BCUT2D eigenvalue weighted by atomic mass is 19.4. The molecule has 3 aromatic rings. The summed E-state index contributed by atoms with van der Waals surface area (Å²) in [6, 6.07) is 7.21. The molecule has 1 aliphatic carbocycles. The minimum Gasteiger partial charge on any atom is -0.490 e. The lowest BCUT2D eigenvalue weighted by molar-refractivity contribution is -0.148. The minimum absolute atomic E-state index is 0.0112. The number of ether oxygens (including phenoxy) is 1. The number of piperidine rings is 1. The van der Waals surface area contributed by atoms with Crippen molar-refractivity contribution in [2.24, 2.45) is 0 Å². The van der Waals surface area contributed by atoms with Crippen molar-refractivity contribution in [3.05, 3.63) is 59.7 Å². The first-order valence-corrected chi connectivity index (χ1v) is 13.7. The molecule has 2 N–H and O–H groups in total. The molecule has 2 fully saturated rings. The summed E-state index contributed by atoms with van der Waals surface area (Å²) < 4.78 is 48.3. The average molecular weight is 584 g/mol. The number of amides is 1. The van der Waals surface area contributed by atoms with Crippen LogP contribution in [0.3, 0.4) is 0 Å². The van der Waals surface area contributed by atoms with Crippen molar-refractivity contribution >= 4 is 29.5 Å². The summed E-state index contributed by atoms with van der Waals surface area (Å²) >= 11 is 0. The molecule has 0 radical (unpaired) electrons. The molecule has 3 aliphatic rings. The van der Waals surface area contributed by atoms with Crippen molar-refractivity contribution in [2.75, 3.05) is 29.4 Å². The Labute approximate surface area is 238 Å². The van der Waals surface area contributed by atoms with Gasteiger partial charge in [0.15, 0.2) is 5.69 Å². The predicted octanol–water partition coefficient (Wildman–Crippen LogP) is 3.76. The first-order chi connectivity index (χ1) is 20.1. The Morgan fingerprint density at radius 1 is 1.05 bits per heavy atom. The monoisotopic (exact) mass is 583 g/mol. The number of hydrogen-bond donors (Lipinski definition) is 2. The first kappa shape index (κ1) is 27.7. The van der Waals surface area contributed by atoms with Gasteiger partial charge in [0.25, 0.3) is 5.91 Å². The van der Waals surface area contributed by atoms with Gasteiger partial charge < -0.3 is 25.0 Å². The summed E-state index contributed by atoms with van der Waals surface area (Å²) in [7, 11) is 0. The summed E-state index contributed by atoms with van der Waals surface area (Å²) in [5.41, 5.74) is -2.25. The van der Waals surface area contributed by atoms with Crippen molar-refractivity contribution in [1.29, 1.82) is 0 Å². The number of halogens is 3. The largest absolute Gasteiger partial charge is 0.490 e. The summed E-state index contributed by atoms with van der Waals surface area (Å²) in [4.78, 5) is 44.5. The predicted molar refractivity (Wildman–Crippen MR) is 144 cm³/mol. The fourth-order valence-electron chi connectivity index (χ4n) is 5.57. The maximum Gasteiger partial charge on any atom is 0.434 e. The standard InChI is InChI=1S/C28H28F3N7O4/c29-28(30,31)22-20(23(39)36-27(24(40)41)8-1-9-27)16-34-26(35-22)38-14-5-17-15-19(3-4-21(17)38)42-18-6-12-37(13-7-18)25-32-10-2-11-33-25/h2-4,10-11,15-16,18H,1,5-9,12-14H2,(H,36,39)(H,40,41). The van der Waals surface area contributed by atoms with E-state index in [1.54, 1.807) is 35.5 Å². The van der Waals surface area contributed by atoms with Crippen LogP contribution >= 0.6 is 0 Å². The van der Waals surface area contributed by atoms with E-state index >= 15 is 0 Å². The second kappa shape index (κ2) is 10.7. The van der Waals surface area contributed by atoms with Gasteiger partial charge in [-0.3, -0.25) is 4.79 Å². The molecule has 11 nitrogen and oxygen atoms in total. The van der Waals surface area contributed by atoms with Crippen LogP contribution in [0.4, 0.5) is 30.8 Å². The van der Waals surface area contributed by atoms with Gasteiger partial charge in [0.2, 0.25) is 11.9 Å². The number of anilines is 3. The number of rotatable bonds is 7. The van der Waals surface area contributed by atoms with Crippen molar-refractivity contribution in [1.82, 2.24) is 25.3 Å². The van der Waals surface area contributed by atoms with E-state index in [4.69, 9.17) is 4.74 Å². The molecule has 220 valence electrons. The van der Waals surface area contributed by atoms with E-state index in [1.807, 2.05) is 6.07 Å². The number of nitrogens with zero attached hydrogens (tertiary/aromatic N) is 6. The molecule has 0 spiro atoms. The summed E-state index contributed by atoms with van der Waals surface area (Å²) in [5, 5.41) is 11.7. The van der Waals surface area contributed by atoms with Crippen LogP contribution in [0.25, 0.3) is 0 Å². The lowest BCUT2D eigenvalue weighted by Crippen LogP contribution is -2.59. The number of carbonyl (C=O) groups is 2. The normalized spacial score (nSPS) is 18.3. The van der Waals surface area contributed by atoms with E-state index in [9.17, 15) is 27.9 Å². The zero-order valence-corrected chi connectivity index (χ0v) is 22.5. The van der Waals surface area contributed by atoms with Gasteiger partial charge in [0.1, 0.15) is 17.4 Å². The van der Waals surface area contributed by atoms with Crippen LogP contribution in [0.2, 0.25) is 0 Å². The first-order valence-electron chi connectivity index (χ1n) is 13.7. The number of benzene rings is 1. The minimum atomic E-state index is -4.96. The van der Waals surface area contributed by atoms with Gasteiger partial charge in [-0.25, -0.2) is 24.7 Å². The van der Waals surface area contributed by atoms with E-state index in [0.717, 1.165) is 37.7 Å². The van der Waals surface area contributed by atoms with Crippen molar-refractivity contribution < 1.29 is 32.6 Å². The summed E-state index contributed by atoms with van der Waals surface area (Å²) in [5.74, 6) is -1.27. The molecule has 0 bridgehead atoms. The number of aliphatic carboxylic acids is 1. The van der Waals surface area contributed by atoms with Gasteiger partial charge in [0.05, 0.1) is 5.56 Å². The van der Waals surface area contributed by atoms with E-state index in [0.29, 0.717) is 36.8 Å². The van der Waals surface area contributed by atoms with Crippen LogP contribution in [0.5, 0.6) is 5.75 Å². The topological polar surface area (TPSA) is 134 Å². The maximum absolute atomic E-state index is 14.0. The molecule has 1 amide bonds. The molecule has 4 heterocycles. The van der Waals surface area contributed by atoms with Crippen molar-refractivity contribution in [2.45, 2.75) is 56.3 Å². The fraction of sp³-hybridized carbons (Fsp3) is 0.429. The number of aromatic nitrogens is 4. The molecule has 2 aromatic heterocycles.